The van der Waals surface area contributed by atoms with Crippen molar-refractivity contribution in [2.75, 3.05) is 0 Å². The van der Waals surface area contributed by atoms with Crippen molar-refractivity contribution < 1.29 is 18.3 Å². The molecule has 0 aromatic carbocycles. The highest BCUT2D eigenvalue weighted by Crippen LogP contribution is 2.32. The summed E-state index contributed by atoms with van der Waals surface area (Å²) >= 11 is 0. The number of aromatic nitrogens is 4. The van der Waals surface area contributed by atoms with E-state index < -0.39 is 12.3 Å². The van der Waals surface area contributed by atoms with E-state index in [0.717, 1.165) is 12.3 Å². The topological polar surface area (TPSA) is 74.7 Å². The summed E-state index contributed by atoms with van der Waals surface area (Å²) in [6.45, 7) is 0. The number of halogens is 3. The number of nitrogens with one attached hydrogen (secondary N) is 1. The maximum Gasteiger partial charge on any atom is 0.418 e. The summed E-state index contributed by atoms with van der Waals surface area (Å²) in [6.07, 6.45) is -6.34. The Morgan fingerprint density at radius 3 is 2.73 bits per heavy atom. The SMILES string of the molecule is O[C@H](c1cnc2n[nH]nc2c1)C(F)(F)F. The van der Waals surface area contributed by atoms with Gasteiger partial charge in [0.25, 0.3) is 0 Å². The van der Waals surface area contributed by atoms with Crippen molar-refractivity contribution in [3.05, 3.63) is 17.8 Å². The van der Waals surface area contributed by atoms with Gasteiger partial charge in [0.1, 0.15) is 5.52 Å². The van der Waals surface area contributed by atoms with Crippen LogP contribution < -0.4 is 0 Å². The van der Waals surface area contributed by atoms with Crippen LogP contribution in [-0.4, -0.2) is 31.7 Å². The fourth-order valence-electron chi connectivity index (χ4n) is 1.09. The van der Waals surface area contributed by atoms with E-state index >= 15 is 0 Å². The van der Waals surface area contributed by atoms with Crippen LogP contribution >= 0.6 is 0 Å². The number of aliphatic hydroxyl groups is 1. The molecule has 15 heavy (non-hydrogen) atoms. The molecule has 0 amide bonds. The Morgan fingerprint density at radius 2 is 2.07 bits per heavy atom. The molecule has 0 saturated heterocycles. The number of fused-ring (bicyclic) bond motifs is 1. The van der Waals surface area contributed by atoms with Crippen LogP contribution in [-0.2, 0) is 0 Å². The molecule has 5 nitrogen and oxygen atoms in total. The van der Waals surface area contributed by atoms with Crippen LogP contribution in [0.4, 0.5) is 13.2 Å². The standard InChI is InChI=1S/C7H5F3N4O/c8-7(9,10)5(15)3-1-4-6(11-2-3)13-14-12-4/h1-2,5,15H,(H,11,12,13,14)/t5-/m1/s1. The van der Waals surface area contributed by atoms with Gasteiger partial charge in [0.15, 0.2) is 6.10 Å². The third-order valence-corrected chi connectivity index (χ3v) is 1.82. The molecule has 0 saturated carbocycles. The molecule has 2 N–H and O–H groups in total. The molecule has 1 atom stereocenters. The van der Waals surface area contributed by atoms with Gasteiger partial charge in [-0.2, -0.15) is 23.5 Å². The van der Waals surface area contributed by atoms with Crippen LogP contribution in [0.15, 0.2) is 12.3 Å². The predicted molar refractivity (Wildman–Crippen MR) is 42.7 cm³/mol. The van der Waals surface area contributed by atoms with Crippen LogP contribution in [0.25, 0.3) is 11.2 Å². The smallest absolute Gasteiger partial charge is 0.379 e. The summed E-state index contributed by atoms with van der Waals surface area (Å²) < 4.78 is 36.4. The summed E-state index contributed by atoms with van der Waals surface area (Å²) in [4.78, 5) is 3.61. The number of alkyl halides is 3. The van der Waals surface area contributed by atoms with E-state index in [-0.39, 0.29) is 16.7 Å². The van der Waals surface area contributed by atoms with Crippen molar-refractivity contribution in [3.63, 3.8) is 0 Å². The zero-order chi connectivity index (χ0) is 11.1. The number of aliphatic hydroxyl groups excluding tert-OH is 1. The average molecular weight is 218 g/mol. The first-order chi connectivity index (χ1) is 6.98. The second-order valence-corrected chi connectivity index (χ2v) is 2.88. The highest BCUT2D eigenvalue weighted by atomic mass is 19.4. The molecule has 2 aromatic rings. The molecule has 2 rings (SSSR count). The Bertz CT molecular complexity index is 480. The molecule has 0 aliphatic heterocycles. The quantitative estimate of drug-likeness (QED) is 0.747. The molecule has 0 radical (unpaired) electrons. The van der Waals surface area contributed by atoms with E-state index in [0.29, 0.717) is 0 Å². The Kier molecular flexibility index (Phi) is 2.07. The monoisotopic (exact) mass is 218 g/mol. The molecule has 0 bridgehead atoms. The number of H-pyrrole nitrogens is 1. The van der Waals surface area contributed by atoms with Crippen LogP contribution in [0.2, 0.25) is 0 Å². The molecule has 0 aliphatic rings. The molecule has 0 fully saturated rings. The number of rotatable bonds is 1. The minimum absolute atomic E-state index is 0.177. The fraction of sp³-hybridized carbons (Fsp3) is 0.286. The molecular weight excluding hydrogens is 213 g/mol. The van der Waals surface area contributed by atoms with Crippen molar-refractivity contribution in [1.29, 1.82) is 0 Å². The lowest BCUT2D eigenvalue weighted by Crippen LogP contribution is -2.20. The van der Waals surface area contributed by atoms with E-state index in [4.69, 9.17) is 5.11 Å². The van der Waals surface area contributed by atoms with Crippen molar-refractivity contribution >= 4 is 11.2 Å². The first kappa shape index (κ1) is 9.84. The molecule has 0 spiro atoms. The van der Waals surface area contributed by atoms with Crippen molar-refractivity contribution in [2.24, 2.45) is 0 Å². The van der Waals surface area contributed by atoms with Gasteiger partial charge < -0.3 is 5.11 Å². The van der Waals surface area contributed by atoms with Crippen LogP contribution in [0.1, 0.15) is 11.7 Å². The van der Waals surface area contributed by atoms with E-state index in [2.05, 4.69) is 20.4 Å². The number of pyridine rings is 1. The molecule has 2 heterocycles. The lowest BCUT2D eigenvalue weighted by molar-refractivity contribution is -0.206. The summed E-state index contributed by atoms with van der Waals surface area (Å²) in [5.41, 5.74) is 0.0211. The zero-order valence-electron chi connectivity index (χ0n) is 7.15. The number of hydrogen-bond donors (Lipinski definition) is 2. The lowest BCUT2D eigenvalue weighted by atomic mass is 10.1. The van der Waals surface area contributed by atoms with Crippen LogP contribution in [0.5, 0.6) is 0 Å². The Labute approximate surface area is 80.9 Å². The lowest BCUT2D eigenvalue weighted by Gasteiger charge is -2.13. The Morgan fingerprint density at radius 1 is 1.33 bits per heavy atom. The summed E-state index contributed by atoms with van der Waals surface area (Å²) in [5, 5.41) is 18.3. The highest BCUT2D eigenvalue weighted by Gasteiger charge is 2.39. The third kappa shape index (κ3) is 1.75. The number of hydrogen-bond acceptors (Lipinski definition) is 4. The summed E-state index contributed by atoms with van der Waals surface area (Å²) in [5.74, 6) is 0. The van der Waals surface area contributed by atoms with E-state index in [1.54, 1.807) is 0 Å². The third-order valence-electron chi connectivity index (χ3n) is 1.82. The van der Waals surface area contributed by atoms with Crippen LogP contribution in [0.3, 0.4) is 0 Å². The van der Waals surface area contributed by atoms with E-state index in [1.165, 1.54) is 0 Å². The second-order valence-electron chi connectivity index (χ2n) is 2.88. The Hall–Kier alpha value is -1.70. The molecular formula is C7H5F3N4O. The van der Waals surface area contributed by atoms with Gasteiger partial charge >= 0.3 is 6.18 Å². The fourth-order valence-corrected chi connectivity index (χ4v) is 1.09. The first-order valence-electron chi connectivity index (χ1n) is 3.89. The predicted octanol–water partition coefficient (Wildman–Crippen LogP) is 0.949. The van der Waals surface area contributed by atoms with E-state index in [1.807, 2.05) is 0 Å². The maximum absolute atomic E-state index is 12.1. The van der Waals surface area contributed by atoms with Crippen molar-refractivity contribution in [3.8, 4) is 0 Å². The maximum atomic E-state index is 12.1. The summed E-state index contributed by atoms with van der Waals surface area (Å²) in [6, 6.07) is 1.09. The summed E-state index contributed by atoms with van der Waals surface area (Å²) in [7, 11) is 0. The second kappa shape index (κ2) is 3.16. The van der Waals surface area contributed by atoms with Gasteiger partial charge in [-0.3, -0.25) is 0 Å². The van der Waals surface area contributed by atoms with Gasteiger partial charge in [0.05, 0.1) is 0 Å². The first-order valence-corrected chi connectivity index (χ1v) is 3.89. The molecule has 80 valence electrons. The Balaban J connectivity index is 2.44. The van der Waals surface area contributed by atoms with Crippen LogP contribution in [0, 0.1) is 0 Å². The minimum Gasteiger partial charge on any atom is -0.379 e. The van der Waals surface area contributed by atoms with Crippen molar-refractivity contribution in [2.45, 2.75) is 12.3 Å². The van der Waals surface area contributed by atoms with Gasteiger partial charge in [-0.25, -0.2) is 4.98 Å². The molecule has 0 unspecified atom stereocenters. The minimum atomic E-state index is -4.71. The van der Waals surface area contributed by atoms with Gasteiger partial charge in [0, 0.05) is 11.8 Å². The van der Waals surface area contributed by atoms with Crippen molar-refractivity contribution in [1.82, 2.24) is 20.4 Å². The van der Waals surface area contributed by atoms with Gasteiger partial charge in [-0.1, -0.05) is 0 Å². The average Bonchev–Trinajstić information content (AvgIpc) is 2.61. The number of nitrogens with zero attached hydrogens (tertiary/aromatic N) is 3. The van der Waals surface area contributed by atoms with E-state index in [9.17, 15) is 13.2 Å². The molecule has 8 heteroatoms. The zero-order valence-corrected chi connectivity index (χ0v) is 7.15. The van der Waals surface area contributed by atoms with Gasteiger partial charge in [-0.05, 0) is 6.07 Å². The number of aromatic amines is 1. The normalized spacial score (nSPS) is 14.4. The largest absolute Gasteiger partial charge is 0.418 e. The highest BCUT2D eigenvalue weighted by molar-refractivity contribution is 5.69. The van der Waals surface area contributed by atoms with Gasteiger partial charge in [-0.15, -0.1) is 5.10 Å². The van der Waals surface area contributed by atoms with Gasteiger partial charge in [0.2, 0.25) is 5.65 Å². The molecule has 0 aliphatic carbocycles. The molecule has 2 aromatic heterocycles.